The number of carbonyl (C=O) groups is 1. The van der Waals surface area contributed by atoms with Gasteiger partial charge in [-0.15, -0.1) is 0 Å². The van der Waals surface area contributed by atoms with Crippen molar-refractivity contribution in [2.24, 2.45) is 0 Å². The summed E-state index contributed by atoms with van der Waals surface area (Å²) in [5.41, 5.74) is 0.278. The van der Waals surface area contributed by atoms with E-state index in [1.807, 2.05) is 0 Å². The summed E-state index contributed by atoms with van der Waals surface area (Å²) in [4.78, 5) is 19.5. The summed E-state index contributed by atoms with van der Waals surface area (Å²) in [6.45, 7) is 0. The van der Waals surface area contributed by atoms with Crippen LogP contribution in [0.25, 0.3) is 0 Å². The third kappa shape index (κ3) is 3.02. The van der Waals surface area contributed by atoms with Crippen LogP contribution in [0.2, 0.25) is 5.15 Å². The third-order valence-corrected chi connectivity index (χ3v) is 2.89. The number of carbonyl (C=O) groups excluding carboxylic acids is 1. The number of halogens is 3. The van der Waals surface area contributed by atoms with Gasteiger partial charge in [0.05, 0.1) is 5.56 Å². The Morgan fingerprint density at radius 1 is 1.39 bits per heavy atom. The highest BCUT2D eigenvalue weighted by atomic mass is 79.9. The van der Waals surface area contributed by atoms with E-state index in [-0.39, 0.29) is 16.7 Å². The summed E-state index contributed by atoms with van der Waals surface area (Å²) >= 11 is 8.77. The molecule has 0 atom stereocenters. The van der Waals surface area contributed by atoms with E-state index in [4.69, 9.17) is 11.6 Å². The minimum atomic E-state index is -0.454. The Kier molecular flexibility index (Phi) is 3.88. The first-order valence-electron chi connectivity index (χ1n) is 4.81. The normalized spacial score (nSPS) is 10.2. The molecule has 92 valence electrons. The molecule has 0 fully saturated rings. The molecule has 1 amide bonds. The summed E-state index contributed by atoms with van der Waals surface area (Å²) in [6.07, 6.45) is 1.42. The number of anilines is 1. The van der Waals surface area contributed by atoms with E-state index in [9.17, 15) is 9.18 Å². The molecule has 7 heteroatoms. The lowest BCUT2D eigenvalue weighted by atomic mass is 10.2. The summed E-state index contributed by atoms with van der Waals surface area (Å²) in [7, 11) is 0. The van der Waals surface area contributed by atoms with Crippen molar-refractivity contribution in [3.05, 3.63) is 51.5 Å². The highest BCUT2D eigenvalue weighted by Crippen LogP contribution is 2.19. The van der Waals surface area contributed by atoms with E-state index < -0.39 is 11.7 Å². The van der Waals surface area contributed by atoms with Gasteiger partial charge in [-0.1, -0.05) is 11.6 Å². The SMILES string of the molecule is O=C(Nc1nccc(Cl)n1)c1ccc(F)cc1Br. The van der Waals surface area contributed by atoms with E-state index in [1.54, 1.807) is 0 Å². The third-order valence-electron chi connectivity index (χ3n) is 2.02. The van der Waals surface area contributed by atoms with Gasteiger partial charge in [0.25, 0.3) is 5.91 Å². The van der Waals surface area contributed by atoms with Crippen LogP contribution in [-0.4, -0.2) is 15.9 Å². The molecule has 2 aromatic rings. The Bertz CT molecular complexity index is 609. The summed E-state index contributed by atoms with van der Waals surface area (Å²) in [5.74, 6) is -0.801. The summed E-state index contributed by atoms with van der Waals surface area (Å²) in [5, 5.41) is 2.68. The highest BCUT2D eigenvalue weighted by Gasteiger charge is 2.12. The van der Waals surface area contributed by atoms with Gasteiger partial charge < -0.3 is 0 Å². The van der Waals surface area contributed by atoms with E-state index in [1.165, 1.54) is 30.5 Å². The Balaban J connectivity index is 2.22. The van der Waals surface area contributed by atoms with Gasteiger partial charge in [0.2, 0.25) is 5.95 Å². The van der Waals surface area contributed by atoms with Gasteiger partial charge in [-0.3, -0.25) is 10.1 Å². The first-order chi connectivity index (χ1) is 8.56. The first-order valence-corrected chi connectivity index (χ1v) is 5.98. The van der Waals surface area contributed by atoms with Crippen molar-refractivity contribution in [2.75, 3.05) is 5.32 Å². The van der Waals surface area contributed by atoms with E-state index in [2.05, 4.69) is 31.2 Å². The smallest absolute Gasteiger partial charge is 0.259 e. The molecule has 1 heterocycles. The van der Waals surface area contributed by atoms with Crippen LogP contribution in [-0.2, 0) is 0 Å². The minimum absolute atomic E-state index is 0.0868. The fraction of sp³-hybridized carbons (Fsp3) is 0. The predicted molar refractivity (Wildman–Crippen MR) is 69.1 cm³/mol. The molecule has 0 spiro atoms. The van der Waals surface area contributed by atoms with E-state index in [0.717, 1.165) is 0 Å². The Hall–Kier alpha value is -1.53. The average molecular weight is 331 g/mol. The van der Waals surface area contributed by atoms with Gasteiger partial charge in [0.15, 0.2) is 0 Å². The second-order valence-corrected chi connectivity index (χ2v) is 4.52. The molecule has 0 saturated carbocycles. The molecule has 0 saturated heterocycles. The maximum absolute atomic E-state index is 12.9. The molecule has 0 radical (unpaired) electrons. The Morgan fingerprint density at radius 3 is 2.83 bits per heavy atom. The van der Waals surface area contributed by atoms with Crippen molar-refractivity contribution < 1.29 is 9.18 Å². The molecule has 18 heavy (non-hydrogen) atoms. The number of benzene rings is 1. The van der Waals surface area contributed by atoms with E-state index >= 15 is 0 Å². The van der Waals surface area contributed by atoms with Gasteiger partial charge in [-0.25, -0.2) is 14.4 Å². The van der Waals surface area contributed by atoms with Gasteiger partial charge in [0, 0.05) is 10.7 Å². The number of nitrogens with zero attached hydrogens (tertiary/aromatic N) is 2. The maximum atomic E-state index is 12.9. The van der Waals surface area contributed by atoms with Gasteiger partial charge in [0.1, 0.15) is 11.0 Å². The zero-order valence-electron chi connectivity index (χ0n) is 8.82. The van der Waals surface area contributed by atoms with Crippen LogP contribution in [0, 0.1) is 5.82 Å². The molecule has 0 bridgehead atoms. The van der Waals surface area contributed by atoms with Gasteiger partial charge in [-0.2, -0.15) is 0 Å². The van der Waals surface area contributed by atoms with Crippen LogP contribution in [0.1, 0.15) is 10.4 Å². The van der Waals surface area contributed by atoms with Crippen molar-refractivity contribution in [3.63, 3.8) is 0 Å². The molecule has 1 aromatic carbocycles. The largest absolute Gasteiger partial charge is 0.290 e. The summed E-state index contributed by atoms with van der Waals surface area (Å²) < 4.78 is 13.2. The van der Waals surface area contributed by atoms with Crippen molar-refractivity contribution >= 4 is 39.4 Å². The zero-order chi connectivity index (χ0) is 13.1. The van der Waals surface area contributed by atoms with Crippen LogP contribution >= 0.6 is 27.5 Å². The standard InChI is InChI=1S/C11H6BrClFN3O/c12-8-5-6(14)1-2-7(8)10(18)17-11-15-4-3-9(13)16-11/h1-5H,(H,15,16,17,18). The second-order valence-electron chi connectivity index (χ2n) is 3.28. The van der Waals surface area contributed by atoms with Gasteiger partial charge in [-0.05, 0) is 40.2 Å². The second kappa shape index (κ2) is 5.41. The molecule has 2 rings (SSSR count). The van der Waals surface area contributed by atoms with Crippen molar-refractivity contribution in [1.82, 2.24) is 9.97 Å². The maximum Gasteiger partial charge on any atom is 0.259 e. The Morgan fingerprint density at radius 2 is 2.17 bits per heavy atom. The lowest BCUT2D eigenvalue weighted by molar-refractivity contribution is 0.102. The minimum Gasteiger partial charge on any atom is -0.290 e. The lowest BCUT2D eigenvalue weighted by Gasteiger charge is -2.05. The number of nitrogens with one attached hydrogen (secondary N) is 1. The number of hydrogen-bond acceptors (Lipinski definition) is 3. The number of amides is 1. The van der Waals surface area contributed by atoms with Crippen LogP contribution in [0.15, 0.2) is 34.9 Å². The van der Waals surface area contributed by atoms with Crippen LogP contribution in [0.4, 0.5) is 10.3 Å². The fourth-order valence-electron chi connectivity index (χ4n) is 1.24. The van der Waals surface area contributed by atoms with Crippen LogP contribution < -0.4 is 5.32 Å². The van der Waals surface area contributed by atoms with Crippen molar-refractivity contribution in [3.8, 4) is 0 Å². The predicted octanol–water partition coefficient (Wildman–Crippen LogP) is 3.28. The highest BCUT2D eigenvalue weighted by molar-refractivity contribution is 9.10. The summed E-state index contributed by atoms with van der Waals surface area (Å²) in [6, 6.07) is 5.25. The number of hydrogen-bond donors (Lipinski definition) is 1. The average Bonchev–Trinajstić information content (AvgIpc) is 2.28. The van der Waals surface area contributed by atoms with E-state index in [0.29, 0.717) is 4.47 Å². The quantitative estimate of drug-likeness (QED) is 0.860. The Labute approximate surface area is 115 Å². The number of aromatic nitrogens is 2. The first kappa shape index (κ1) is 12.9. The van der Waals surface area contributed by atoms with Crippen molar-refractivity contribution in [2.45, 2.75) is 0 Å². The zero-order valence-corrected chi connectivity index (χ0v) is 11.2. The molecule has 1 N–H and O–H groups in total. The van der Waals surface area contributed by atoms with Crippen LogP contribution in [0.5, 0.6) is 0 Å². The fourth-order valence-corrected chi connectivity index (χ4v) is 1.91. The van der Waals surface area contributed by atoms with Gasteiger partial charge >= 0.3 is 0 Å². The molecular formula is C11H6BrClFN3O. The molecule has 0 aliphatic rings. The topological polar surface area (TPSA) is 54.9 Å². The van der Waals surface area contributed by atoms with Crippen LogP contribution in [0.3, 0.4) is 0 Å². The molecule has 0 aliphatic carbocycles. The lowest BCUT2D eigenvalue weighted by Crippen LogP contribution is -2.14. The monoisotopic (exact) mass is 329 g/mol. The molecule has 1 aromatic heterocycles. The number of rotatable bonds is 2. The van der Waals surface area contributed by atoms with Crippen molar-refractivity contribution in [1.29, 1.82) is 0 Å². The molecule has 4 nitrogen and oxygen atoms in total. The molecule has 0 aliphatic heterocycles. The molecule has 0 unspecified atom stereocenters. The molecular weight excluding hydrogens is 324 g/mol.